The van der Waals surface area contributed by atoms with Crippen LogP contribution in [0.3, 0.4) is 0 Å². The molecule has 1 aromatic carbocycles. The third-order valence-corrected chi connectivity index (χ3v) is 1.86. The van der Waals surface area contributed by atoms with Crippen LogP contribution in [0.25, 0.3) is 6.08 Å². The first-order chi connectivity index (χ1) is 6.38. The van der Waals surface area contributed by atoms with Gasteiger partial charge in [0.1, 0.15) is 0 Å². The number of hydrogen-bond donors (Lipinski definition) is 1. The zero-order valence-corrected chi connectivity index (χ0v) is 8.35. The lowest BCUT2D eigenvalue weighted by Crippen LogP contribution is -1.80. The van der Waals surface area contributed by atoms with E-state index in [0.29, 0.717) is 0 Å². The SMILES string of the molecule is C=Cc1ccccc1C#CCCS. The molecule has 0 unspecified atom stereocenters. The van der Waals surface area contributed by atoms with Gasteiger partial charge in [-0.15, -0.1) is 0 Å². The molecule has 0 fully saturated rings. The summed E-state index contributed by atoms with van der Waals surface area (Å²) in [6, 6.07) is 7.98. The molecule has 0 aliphatic carbocycles. The Bertz CT molecular complexity index is 342. The summed E-state index contributed by atoms with van der Waals surface area (Å²) in [5, 5.41) is 0. The highest BCUT2D eigenvalue weighted by atomic mass is 32.1. The van der Waals surface area contributed by atoms with Crippen LogP contribution >= 0.6 is 12.6 Å². The highest BCUT2D eigenvalue weighted by molar-refractivity contribution is 7.80. The van der Waals surface area contributed by atoms with E-state index in [-0.39, 0.29) is 0 Å². The Labute approximate surface area is 85.1 Å². The normalized spacial score (nSPS) is 8.69. The van der Waals surface area contributed by atoms with Gasteiger partial charge >= 0.3 is 0 Å². The number of hydrogen-bond acceptors (Lipinski definition) is 1. The predicted molar refractivity (Wildman–Crippen MR) is 61.9 cm³/mol. The zero-order chi connectivity index (χ0) is 9.52. The Morgan fingerprint density at radius 3 is 2.85 bits per heavy atom. The van der Waals surface area contributed by atoms with E-state index in [1.54, 1.807) is 0 Å². The Morgan fingerprint density at radius 2 is 2.15 bits per heavy atom. The summed E-state index contributed by atoms with van der Waals surface area (Å²) < 4.78 is 0. The standard InChI is InChI=1S/C12H12S/c1-2-11-7-3-4-8-12(11)9-5-6-10-13/h2-4,7-8,13H,1,6,10H2. The molecule has 0 bridgehead atoms. The molecule has 0 amide bonds. The van der Waals surface area contributed by atoms with Crippen LogP contribution in [0.2, 0.25) is 0 Å². The lowest BCUT2D eigenvalue weighted by atomic mass is 10.1. The zero-order valence-electron chi connectivity index (χ0n) is 7.46. The van der Waals surface area contributed by atoms with E-state index in [9.17, 15) is 0 Å². The molecule has 66 valence electrons. The molecule has 0 heterocycles. The molecule has 0 aliphatic heterocycles. The van der Waals surface area contributed by atoms with Gasteiger partial charge in [-0.2, -0.15) is 12.6 Å². The Morgan fingerprint density at radius 1 is 1.38 bits per heavy atom. The van der Waals surface area contributed by atoms with Crippen LogP contribution in [0.4, 0.5) is 0 Å². The first-order valence-electron chi connectivity index (χ1n) is 4.19. The fraction of sp³-hybridized carbons (Fsp3) is 0.167. The molecule has 0 spiro atoms. The molecule has 0 aromatic heterocycles. The van der Waals surface area contributed by atoms with Crippen LogP contribution in [0, 0.1) is 11.8 Å². The fourth-order valence-electron chi connectivity index (χ4n) is 1.00. The van der Waals surface area contributed by atoms with Crippen molar-refractivity contribution in [1.82, 2.24) is 0 Å². The minimum atomic E-state index is 0.809. The quantitative estimate of drug-likeness (QED) is 0.535. The molecule has 0 saturated carbocycles. The van der Waals surface area contributed by atoms with Gasteiger partial charge in [0.15, 0.2) is 0 Å². The molecule has 0 N–H and O–H groups in total. The molecule has 0 aliphatic rings. The Hall–Kier alpha value is -1.13. The van der Waals surface area contributed by atoms with Crippen LogP contribution in [0.1, 0.15) is 17.5 Å². The van der Waals surface area contributed by atoms with E-state index in [1.807, 2.05) is 30.3 Å². The van der Waals surface area contributed by atoms with Crippen LogP contribution in [-0.4, -0.2) is 5.75 Å². The number of benzene rings is 1. The summed E-state index contributed by atoms with van der Waals surface area (Å²) in [5.41, 5.74) is 2.13. The molecular formula is C12H12S. The van der Waals surface area contributed by atoms with Crippen molar-refractivity contribution < 1.29 is 0 Å². The van der Waals surface area contributed by atoms with Crippen molar-refractivity contribution in [2.24, 2.45) is 0 Å². The lowest BCUT2D eigenvalue weighted by Gasteiger charge is -1.95. The Balaban J connectivity index is 2.88. The van der Waals surface area contributed by atoms with Crippen LogP contribution in [0.5, 0.6) is 0 Å². The van der Waals surface area contributed by atoms with E-state index in [2.05, 4.69) is 31.0 Å². The third-order valence-electron chi connectivity index (χ3n) is 1.64. The minimum absolute atomic E-state index is 0.809. The summed E-state index contributed by atoms with van der Waals surface area (Å²) in [7, 11) is 0. The number of rotatable bonds is 2. The van der Waals surface area contributed by atoms with Crippen molar-refractivity contribution in [3.05, 3.63) is 42.0 Å². The number of thiol groups is 1. The van der Waals surface area contributed by atoms with E-state index < -0.39 is 0 Å². The molecule has 1 aromatic rings. The first kappa shape index (κ1) is 9.95. The van der Waals surface area contributed by atoms with Gasteiger partial charge in [0.05, 0.1) is 0 Å². The summed E-state index contributed by atoms with van der Waals surface area (Å²) in [6.07, 6.45) is 2.65. The summed E-state index contributed by atoms with van der Waals surface area (Å²) >= 11 is 4.09. The van der Waals surface area contributed by atoms with E-state index in [4.69, 9.17) is 0 Å². The molecule has 1 rings (SSSR count). The second-order valence-electron chi connectivity index (χ2n) is 2.57. The van der Waals surface area contributed by atoms with Crippen LogP contribution in [0.15, 0.2) is 30.8 Å². The second kappa shape index (κ2) is 5.50. The lowest BCUT2D eigenvalue weighted by molar-refractivity contribution is 1.31. The predicted octanol–water partition coefficient (Wildman–Crippen LogP) is 3.00. The van der Waals surface area contributed by atoms with Crippen molar-refractivity contribution in [2.75, 3.05) is 5.75 Å². The highest BCUT2D eigenvalue weighted by Crippen LogP contribution is 2.07. The second-order valence-corrected chi connectivity index (χ2v) is 3.01. The molecule has 0 nitrogen and oxygen atoms in total. The largest absolute Gasteiger partial charge is 0.178 e. The van der Waals surface area contributed by atoms with Gasteiger partial charge in [0.25, 0.3) is 0 Å². The van der Waals surface area contributed by atoms with Crippen molar-refractivity contribution in [3.8, 4) is 11.8 Å². The average Bonchev–Trinajstić information content (AvgIpc) is 2.19. The van der Waals surface area contributed by atoms with Crippen molar-refractivity contribution in [2.45, 2.75) is 6.42 Å². The average molecular weight is 188 g/mol. The summed E-state index contributed by atoms with van der Waals surface area (Å²) in [4.78, 5) is 0. The smallest absolute Gasteiger partial charge is 0.0317 e. The maximum absolute atomic E-state index is 4.09. The molecule has 0 saturated heterocycles. The molecule has 13 heavy (non-hydrogen) atoms. The highest BCUT2D eigenvalue weighted by Gasteiger charge is 1.91. The summed E-state index contributed by atoms with van der Waals surface area (Å²) in [6.45, 7) is 3.74. The van der Waals surface area contributed by atoms with Crippen molar-refractivity contribution in [3.63, 3.8) is 0 Å². The van der Waals surface area contributed by atoms with Gasteiger partial charge in [0.2, 0.25) is 0 Å². The van der Waals surface area contributed by atoms with Gasteiger partial charge in [-0.1, -0.05) is 42.7 Å². The van der Waals surface area contributed by atoms with Gasteiger partial charge in [0, 0.05) is 17.7 Å². The molecular weight excluding hydrogens is 176 g/mol. The molecule has 0 atom stereocenters. The Kier molecular flexibility index (Phi) is 4.21. The van der Waals surface area contributed by atoms with Gasteiger partial charge in [-0.3, -0.25) is 0 Å². The van der Waals surface area contributed by atoms with Crippen molar-refractivity contribution >= 4 is 18.7 Å². The maximum Gasteiger partial charge on any atom is 0.0317 e. The molecule has 0 radical (unpaired) electrons. The minimum Gasteiger partial charge on any atom is -0.178 e. The van der Waals surface area contributed by atoms with Crippen molar-refractivity contribution in [1.29, 1.82) is 0 Å². The van der Waals surface area contributed by atoms with E-state index in [1.165, 1.54) is 0 Å². The third kappa shape index (κ3) is 3.01. The maximum atomic E-state index is 4.09. The van der Waals surface area contributed by atoms with E-state index >= 15 is 0 Å². The van der Waals surface area contributed by atoms with Crippen LogP contribution < -0.4 is 0 Å². The fourth-order valence-corrected chi connectivity index (χ4v) is 1.11. The summed E-state index contributed by atoms with van der Waals surface area (Å²) in [5.74, 6) is 6.96. The van der Waals surface area contributed by atoms with E-state index in [0.717, 1.165) is 23.3 Å². The van der Waals surface area contributed by atoms with Gasteiger partial charge in [-0.05, 0) is 11.6 Å². The topological polar surface area (TPSA) is 0 Å². The first-order valence-corrected chi connectivity index (χ1v) is 4.83. The van der Waals surface area contributed by atoms with Crippen LogP contribution in [-0.2, 0) is 0 Å². The van der Waals surface area contributed by atoms with Gasteiger partial charge < -0.3 is 0 Å². The molecule has 1 heteroatoms. The monoisotopic (exact) mass is 188 g/mol. The van der Waals surface area contributed by atoms with Gasteiger partial charge in [-0.25, -0.2) is 0 Å².